The molecule has 0 unspecified atom stereocenters. The monoisotopic (exact) mass is 264 g/mol. The molecule has 4 heteroatoms. The Morgan fingerprint density at radius 2 is 2.15 bits per heavy atom. The van der Waals surface area contributed by atoms with Gasteiger partial charge in [-0.25, -0.2) is 0 Å². The van der Waals surface area contributed by atoms with Crippen molar-refractivity contribution in [3.63, 3.8) is 0 Å². The van der Waals surface area contributed by atoms with Gasteiger partial charge in [0.05, 0.1) is 16.1 Å². The number of hydrogen-bond donors (Lipinski definition) is 0. The van der Waals surface area contributed by atoms with Crippen LogP contribution >= 0.6 is 27.5 Å². The molecule has 0 aliphatic carbocycles. The predicted molar refractivity (Wildman–Crippen MR) is 56.5 cm³/mol. The van der Waals surface area contributed by atoms with Crippen molar-refractivity contribution in [2.24, 2.45) is 0 Å². The van der Waals surface area contributed by atoms with Crippen molar-refractivity contribution in [3.05, 3.63) is 27.7 Å². The molecule has 0 saturated carbocycles. The fraction of sp³-hybridized carbons (Fsp3) is 0.333. The van der Waals surface area contributed by atoms with Crippen LogP contribution in [0.4, 0.5) is 0 Å². The maximum Gasteiger partial charge on any atom is 0.135 e. The van der Waals surface area contributed by atoms with Crippen molar-refractivity contribution < 1.29 is 9.47 Å². The van der Waals surface area contributed by atoms with Gasteiger partial charge in [-0.05, 0) is 28.1 Å². The molecule has 0 spiro atoms. The predicted octanol–water partition coefficient (Wildman–Crippen LogP) is 3.13. The number of halogens is 2. The van der Waals surface area contributed by atoms with Crippen LogP contribution in [-0.2, 0) is 4.74 Å². The number of rotatable bonds is 4. The fourth-order valence-corrected chi connectivity index (χ4v) is 1.38. The zero-order valence-electron chi connectivity index (χ0n) is 7.22. The summed E-state index contributed by atoms with van der Waals surface area (Å²) in [5.41, 5.74) is 0. The molecule has 0 atom stereocenters. The minimum absolute atomic E-state index is 0.523. The molecule has 0 aliphatic rings. The Kier molecular flexibility index (Phi) is 4.56. The average molecular weight is 266 g/mol. The lowest BCUT2D eigenvalue weighted by Crippen LogP contribution is -2.04. The lowest BCUT2D eigenvalue weighted by atomic mass is 10.3. The molecule has 0 aromatic heterocycles. The van der Waals surface area contributed by atoms with E-state index in [1.165, 1.54) is 0 Å². The van der Waals surface area contributed by atoms with E-state index in [0.717, 1.165) is 10.2 Å². The fourth-order valence-electron chi connectivity index (χ4n) is 0.830. The summed E-state index contributed by atoms with van der Waals surface area (Å²) in [7, 11) is 1.64. The largest absolute Gasteiger partial charge is 0.490 e. The quantitative estimate of drug-likeness (QED) is 0.779. The highest BCUT2D eigenvalue weighted by Gasteiger charge is 2.03. The second kappa shape index (κ2) is 5.47. The molecule has 2 nitrogen and oxygen atoms in total. The topological polar surface area (TPSA) is 18.5 Å². The van der Waals surface area contributed by atoms with Crippen LogP contribution in [0.25, 0.3) is 0 Å². The first-order valence-electron chi connectivity index (χ1n) is 3.81. The third-order valence-electron chi connectivity index (χ3n) is 1.46. The smallest absolute Gasteiger partial charge is 0.135 e. The second-order valence-electron chi connectivity index (χ2n) is 2.39. The third-order valence-corrected chi connectivity index (χ3v) is 2.82. The van der Waals surface area contributed by atoms with Crippen LogP contribution < -0.4 is 4.74 Å². The summed E-state index contributed by atoms with van der Waals surface area (Å²) >= 11 is 9.20. The summed E-state index contributed by atoms with van der Waals surface area (Å²) in [5, 5.41) is 0.648. The molecule has 0 heterocycles. The van der Waals surface area contributed by atoms with E-state index in [1.807, 2.05) is 12.1 Å². The third kappa shape index (κ3) is 3.18. The van der Waals surface area contributed by atoms with Gasteiger partial charge in [0, 0.05) is 7.11 Å². The first-order valence-corrected chi connectivity index (χ1v) is 4.98. The van der Waals surface area contributed by atoms with Gasteiger partial charge in [0.1, 0.15) is 12.4 Å². The summed E-state index contributed by atoms with van der Waals surface area (Å²) in [4.78, 5) is 0. The molecule has 0 radical (unpaired) electrons. The van der Waals surface area contributed by atoms with Gasteiger partial charge in [0.2, 0.25) is 0 Å². The van der Waals surface area contributed by atoms with Gasteiger partial charge in [0.25, 0.3) is 0 Å². The summed E-state index contributed by atoms with van der Waals surface area (Å²) in [5.74, 6) is 0.740. The van der Waals surface area contributed by atoms with Gasteiger partial charge >= 0.3 is 0 Å². The Labute approximate surface area is 90.9 Å². The number of hydrogen-bond acceptors (Lipinski definition) is 2. The number of methoxy groups -OCH3 is 1. The number of ether oxygens (including phenoxy) is 2. The molecule has 0 fully saturated rings. The van der Waals surface area contributed by atoms with Crippen LogP contribution in [0, 0.1) is 0 Å². The summed E-state index contributed by atoms with van der Waals surface area (Å²) < 4.78 is 11.0. The Hall–Kier alpha value is -0.250. The van der Waals surface area contributed by atoms with Gasteiger partial charge in [-0.3, -0.25) is 0 Å². The van der Waals surface area contributed by atoms with Gasteiger partial charge in [-0.1, -0.05) is 17.7 Å². The van der Waals surface area contributed by atoms with Crippen molar-refractivity contribution in [1.29, 1.82) is 0 Å². The van der Waals surface area contributed by atoms with Crippen molar-refractivity contribution in [2.75, 3.05) is 20.3 Å². The molecule has 0 aliphatic heterocycles. The van der Waals surface area contributed by atoms with E-state index in [-0.39, 0.29) is 0 Å². The summed E-state index contributed by atoms with van der Waals surface area (Å²) in [6.07, 6.45) is 0. The van der Waals surface area contributed by atoms with Crippen LogP contribution in [0.15, 0.2) is 22.7 Å². The van der Waals surface area contributed by atoms with Crippen LogP contribution in [0.3, 0.4) is 0 Å². The number of benzene rings is 1. The molecule has 1 aromatic rings. The molecule has 0 amide bonds. The molecular formula is C9H10BrClO2. The van der Waals surface area contributed by atoms with Gasteiger partial charge in [-0.15, -0.1) is 0 Å². The molecule has 0 N–H and O–H groups in total. The molecule has 0 saturated heterocycles. The van der Waals surface area contributed by atoms with Crippen LogP contribution in [0.2, 0.25) is 5.02 Å². The summed E-state index contributed by atoms with van der Waals surface area (Å²) in [6.45, 7) is 1.09. The van der Waals surface area contributed by atoms with E-state index in [9.17, 15) is 0 Å². The van der Waals surface area contributed by atoms with Gasteiger partial charge < -0.3 is 9.47 Å². The Balaban J connectivity index is 2.61. The lowest BCUT2D eigenvalue weighted by Gasteiger charge is -2.07. The van der Waals surface area contributed by atoms with Crippen molar-refractivity contribution >= 4 is 27.5 Å². The minimum Gasteiger partial charge on any atom is -0.490 e. The second-order valence-corrected chi connectivity index (χ2v) is 3.59. The highest BCUT2D eigenvalue weighted by atomic mass is 79.9. The van der Waals surface area contributed by atoms with E-state index in [0.29, 0.717) is 18.2 Å². The van der Waals surface area contributed by atoms with Crippen molar-refractivity contribution in [1.82, 2.24) is 0 Å². The van der Waals surface area contributed by atoms with Crippen molar-refractivity contribution in [3.8, 4) is 5.75 Å². The van der Waals surface area contributed by atoms with E-state index in [2.05, 4.69) is 15.9 Å². The van der Waals surface area contributed by atoms with E-state index in [4.69, 9.17) is 21.1 Å². The zero-order valence-corrected chi connectivity index (χ0v) is 9.56. The first-order chi connectivity index (χ1) is 6.25. The molecule has 1 rings (SSSR count). The maximum absolute atomic E-state index is 5.87. The highest BCUT2D eigenvalue weighted by Crippen LogP contribution is 2.31. The van der Waals surface area contributed by atoms with Gasteiger partial charge in [-0.2, -0.15) is 0 Å². The van der Waals surface area contributed by atoms with Gasteiger partial charge in [0.15, 0.2) is 0 Å². The average Bonchev–Trinajstić information content (AvgIpc) is 2.13. The molecule has 13 heavy (non-hydrogen) atoms. The molecule has 0 bridgehead atoms. The standard InChI is InChI=1S/C9H10BrClO2/c1-12-5-6-13-8-4-2-3-7(11)9(8)10/h2-4H,5-6H2,1H3. The lowest BCUT2D eigenvalue weighted by molar-refractivity contribution is 0.146. The Bertz CT molecular complexity index is 278. The van der Waals surface area contributed by atoms with Crippen LogP contribution in [-0.4, -0.2) is 20.3 Å². The van der Waals surface area contributed by atoms with Crippen molar-refractivity contribution in [2.45, 2.75) is 0 Å². The van der Waals surface area contributed by atoms with Crippen LogP contribution in [0.1, 0.15) is 0 Å². The Morgan fingerprint density at radius 1 is 1.38 bits per heavy atom. The highest BCUT2D eigenvalue weighted by molar-refractivity contribution is 9.10. The SMILES string of the molecule is COCCOc1cccc(Cl)c1Br. The minimum atomic E-state index is 0.523. The Morgan fingerprint density at radius 3 is 2.85 bits per heavy atom. The molecule has 1 aromatic carbocycles. The van der Waals surface area contributed by atoms with Crippen LogP contribution in [0.5, 0.6) is 5.75 Å². The van der Waals surface area contributed by atoms with E-state index in [1.54, 1.807) is 13.2 Å². The summed E-state index contributed by atoms with van der Waals surface area (Å²) in [6, 6.07) is 5.50. The normalized spacial score (nSPS) is 10.1. The molecule has 72 valence electrons. The van der Waals surface area contributed by atoms with E-state index >= 15 is 0 Å². The molecular weight excluding hydrogens is 255 g/mol. The van der Waals surface area contributed by atoms with E-state index < -0.39 is 0 Å². The first kappa shape index (κ1) is 10.8. The zero-order chi connectivity index (χ0) is 9.68. The maximum atomic E-state index is 5.87.